The first-order valence-electron chi connectivity index (χ1n) is 4.37. The molecule has 1 aromatic heterocycles. The van der Waals surface area contributed by atoms with Gasteiger partial charge in [0.1, 0.15) is 0 Å². The molecule has 0 spiro atoms. The molecule has 2 rings (SSSR count). The van der Waals surface area contributed by atoms with Crippen LogP contribution in [0.5, 0.6) is 0 Å². The lowest BCUT2D eigenvalue weighted by atomic mass is 10.3. The van der Waals surface area contributed by atoms with Crippen LogP contribution in [0.2, 0.25) is 0 Å². The van der Waals surface area contributed by atoms with Crippen molar-refractivity contribution in [2.75, 3.05) is 0 Å². The van der Waals surface area contributed by atoms with E-state index < -0.39 is 0 Å². The SMILES string of the molecule is CC(=O)c1ccc(C2CC2)s1.O=CO. The molecule has 0 unspecified atom stereocenters. The fourth-order valence-electron chi connectivity index (χ4n) is 1.13. The van der Waals surface area contributed by atoms with E-state index in [-0.39, 0.29) is 12.3 Å². The molecule has 1 heterocycles. The van der Waals surface area contributed by atoms with Gasteiger partial charge in [0, 0.05) is 4.88 Å². The maximum atomic E-state index is 10.9. The van der Waals surface area contributed by atoms with E-state index in [4.69, 9.17) is 9.90 Å². The van der Waals surface area contributed by atoms with Crippen molar-refractivity contribution in [3.63, 3.8) is 0 Å². The van der Waals surface area contributed by atoms with Crippen LogP contribution in [0.3, 0.4) is 0 Å². The molecule has 1 saturated carbocycles. The third-order valence-corrected chi connectivity index (χ3v) is 3.30. The van der Waals surface area contributed by atoms with E-state index >= 15 is 0 Å². The van der Waals surface area contributed by atoms with Crippen LogP contribution in [-0.2, 0) is 4.79 Å². The molecule has 14 heavy (non-hydrogen) atoms. The Hall–Kier alpha value is -1.16. The van der Waals surface area contributed by atoms with E-state index in [0.717, 1.165) is 10.8 Å². The van der Waals surface area contributed by atoms with Gasteiger partial charge in [-0.1, -0.05) is 0 Å². The molecular formula is C10H12O3S. The molecule has 4 heteroatoms. The molecule has 1 aliphatic carbocycles. The van der Waals surface area contributed by atoms with Crippen LogP contribution >= 0.6 is 11.3 Å². The van der Waals surface area contributed by atoms with Crippen LogP contribution in [0.15, 0.2) is 12.1 Å². The van der Waals surface area contributed by atoms with Crippen LogP contribution in [0.25, 0.3) is 0 Å². The van der Waals surface area contributed by atoms with Gasteiger partial charge in [0.25, 0.3) is 6.47 Å². The molecular weight excluding hydrogens is 200 g/mol. The Kier molecular flexibility index (Phi) is 3.83. The number of hydrogen-bond donors (Lipinski definition) is 1. The molecule has 76 valence electrons. The summed E-state index contributed by atoms with van der Waals surface area (Å²) in [5, 5.41) is 6.89. The Labute approximate surface area is 86.4 Å². The predicted octanol–water partition coefficient (Wildman–Crippen LogP) is 2.53. The van der Waals surface area contributed by atoms with Crippen molar-refractivity contribution in [3.05, 3.63) is 21.9 Å². The van der Waals surface area contributed by atoms with Crippen molar-refractivity contribution in [2.45, 2.75) is 25.7 Å². The van der Waals surface area contributed by atoms with Crippen LogP contribution < -0.4 is 0 Å². The summed E-state index contributed by atoms with van der Waals surface area (Å²) in [6, 6.07) is 4.04. The molecule has 1 aliphatic rings. The minimum Gasteiger partial charge on any atom is -0.483 e. The van der Waals surface area contributed by atoms with E-state index in [2.05, 4.69) is 6.07 Å². The average Bonchev–Trinajstić information content (AvgIpc) is 2.85. The lowest BCUT2D eigenvalue weighted by Crippen LogP contribution is -1.83. The second kappa shape index (κ2) is 4.91. The summed E-state index contributed by atoms with van der Waals surface area (Å²) >= 11 is 1.66. The number of ketones is 1. The first kappa shape index (κ1) is 10.9. The lowest BCUT2D eigenvalue weighted by molar-refractivity contribution is -0.122. The summed E-state index contributed by atoms with van der Waals surface area (Å²) in [5.74, 6) is 0.981. The quantitative estimate of drug-likeness (QED) is 0.605. The van der Waals surface area contributed by atoms with Gasteiger partial charge in [0.05, 0.1) is 4.88 Å². The van der Waals surface area contributed by atoms with E-state index in [1.54, 1.807) is 18.3 Å². The monoisotopic (exact) mass is 212 g/mol. The molecule has 3 nitrogen and oxygen atoms in total. The predicted molar refractivity (Wildman–Crippen MR) is 55.0 cm³/mol. The van der Waals surface area contributed by atoms with E-state index in [9.17, 15) is 4.79 Å². The molecule has 1 fully saturated rings. The number of carboxylic acid groups (broad SMARTS) is 1. The smallest absolute Gasteiger partial charge is 0.290 e. The van der Waals surface area contributed by atoms with Crippen LogP contribution in [0.4, 0.5) is 0 Å². The Morgan fingerprint density at radius 2 is 2.14 bits per heavy atom. The zero-order valence-corrected chi connectivity index (χ0v) is 8.71. The fourth-order valence-corrected chi connectivity index (χ4v) is 2.20. The Morgan fingerprint density at radius 1 is 1.57 bits per heavy atom. The van der Waals surface area contributed by atoms with Gasteiger partial charge in [-0.15, -0.1) is 11.3 Å². The number of hydrogen-bond acceptors (Lipinski definition) is 3. The molecule has 0 amide bonds. The van der Waals surface area contributed by atoms with Crippen LogP contribution in [-0.4, -0.2) is 17.4 Å². The number of rotatable bonds is 2. The summed E-state index contributed by atoms with van der Waals surface area (Å²) in [4.78, 5) is 21.6. The fraction of sp³-hybridized carbons (Fsp3) is 0.400. The Morgan fingerprint density at radius 3 is 2.50 bits per heavy atom. The highest BCUT2D eigenvalue weighted by Gasteiger charge is 2.25. The van der Waals surface area contributed by atoms with E-state index in [1.165, 1.54) is 17.7 Å². The minimum atomic E-state index is -0.250. The van der Waals surface area contributed by atoms with Crippen molar-refractivity contribution >= 4 is 23.6 Å². The maximum absolute atomic E-state index is 10.9. The van der Waals surface area contributed by atoms with Crippen molar-refractivity contribution in [1.82, 2.24) is 0 Å². The molecule has 0 saturated heterocycles. The summed E-state index contributed by atoms with van der Waals surface area (Å²) in [6.45, 7) is 1.38. The average molecular weight is 212 g/mol. The second-order valence-corrected chi connectivity index (χ2v) is 4.25. The summed E-state index contributed by atoms with van der Waals surface area (Å²) in [5.41, 5.74) is 0. The highest BCUT2D eigenvalue weighted by Crippen LogP contribution is 2.43. The van der Waals surface area contributed by atoms with Crippen molar-refractivity contribution in [2.24, 2.45) is 0 Å². The number of carbonyl (C=O) groups is 2. The lowest BCUT2D eigenvalue weighted by Gasteiger charge is -1.86. The molecule has 0 bridgehead atoms. The van der Waals surface area contributed by atoms with Crippen LogP contribution in [0, 0.1) is 0 Å². The Balaban J connectivity index is 0.000000293. The molecule has 0 aliphatic heterocycles. The van der Waals surface area contributed by atoms with Gasteiger partial charge >= 0.3 is 0 Å². The summed E-state index contributed by atoms with van der Waals surface area (Å²) < 4.78 is 0. The van der Waals surface area contributed by atoms with Gasteiger partial charge in [-0.05, 0) is 37.8 Å². The number of carbonyl (C=O) groups excluding carboxylic acids is 1. The van der Waals surface area contributed by atoms with Gasteiger partial charge in [0.2, 0.25) is 0 Å². The number of Topliss-reactive ketones (excluding diaryl/α,β-unsaturated/α-hetero) is 1. The summed E-state index contributed by atoms with van der Waals surface area (Å²) in [7, 11) is 0. The normalized spacial score (nSPS) is 14.1. The minimum absolute atomic E-state index is 0.196. The third-order valence-electron chi connectivity index (χ3n) is 1.95. The second-order valence-electron chi connectivity index (χ2n) is 3.14. The summed E-state index contributed by atoms with van der Waals surface area (Å²) in [6.07, 6.45) is 2.63. The maximum Gasteiger partial charge on any atom is 0.290 e. The van der Waals surface area contributed by atoms with Crippen molar-refractivity contribution < 1.29 is 14.7 Å². The van der Waals surface area contributed by atoms with E-state index in [0.29, 0.717) is 0 Å². The standard InChI is InChI=1S/C9H10OS.CH2O2/c1-6(10)8-4-5-9(11-8)7-2-3-7;2-1-3/h4-5,7H,2-3H2,1H3;1H,(H,2,3). The Bertz CT molecular complexity index is 326. The highest BCUT2D eigenvalue weighted by atomic mass is 32.1. The highest BCUT2D eigenvalue weighted by molar-refractivity contribution is 7.14. The first-order valence-corrected chi connectivity index (χ1v) is 5.19. The van der Waals surface area contributed by atoms with Gasteiger partial charge in [-0.3, -0.25) is 9.59 Å². The largest absolute Gasteiger partial charge is 0.483 e. The molecule has 0 aromatic carbocycles. The first-order chi connectivity index (χ1) is 6.69. The van der Waals surface area contributed by atoms with Gasteiger partial charge < -0.3 is 5.11 Å². The molecule has 0 radical (unpaired) electrons. The van der Waals surface area contributed by atoms with Crippen molar-refractivity contribution in [1.29, 1.82) is 0 Å². The van der Waals surface area contributed by atoms with E-state index in [1.807, 2.05) is 6.07 Å². The third kappa shape index (κ3) is 2.96. The zero-order valence-electron chi connectivity index (χ0n) is 7.90. The van der Waals surface area contributed by atoms with Gasteiger partial charge in [0.15, 0.2) is 5.78 Å². The zero-order chi connectivity index (χ0) is 10.6. The molecule has 1 aromatic rings. The molecule has 0 atom stereocenters. The van der Waals surface area contributed by atoms with Gasteiger partial charge in [-0.25, -0.2) is 0 Å². The van der Waals surface area contributed by atoms with Crippen molar-refractivity contribution in [3.8, 4) is 0 Å². The van der Waals surface area contributed by atoms with Crippen LogP contribution in [0.1, 0.15) is 40.2 Å². The van der Waals surface area contributed by atoms with Gasteiger partial charge in [-0.2, -0.15) is 0 Å². The molecule has 1 N–H and O–H groups in total. The topological polar surface area (TPSA) is 54.4 Å². The number of thiophene rings is 1.